The fourth-order valence-electron chi connectivity index (χ4n) is 1.06. The quantitative estimate of drug-likeness (QED) is 0.490. The van der Waals surface area contributed by atoms with E-state index in [9.17, 15) is 10.1 Å². The minimum atomic E-state index is -0.566. The Kier molecular flexibility index (Phi) is 4.02. The number of nitrogens with zero attached hydrogens (tertiary/aromatic N) is 3. The van der Waals surface area contributed by atoms with E-state index in [1.54, 1.807) is 0 Å². The van der Waals surface area contributed by atoms with Crippen molar-refractivity contribution < 1.29 is 10.0 Å². The molecular weight excluding hydrogens is 254 g/mol. The number of rotatable bonds is 5. The van der Waals surface area contributed by atoms with E-state index in [0.717, 1.165) is 11.8 Å². The molecule has 0 aliphatic carbocycles. The van der Waals surface area contributed by atoms with Gasteiger partial charge >= 0.3 is 5.82 Å². The molecule has 0 aromatic carbocycles. The fourth-order valence-corrected chi connectivity index (χ4v) is 1.31. The molecule has 14 heavy (non-hydrogen) atoms. The van der Waals surface area contributed by atoms with Crippen molar-refractivity contribution in [3.8, 4) is 0 Å². The van der Waals surface area contributed by atoms with Crippen LogP contribution < -0.4 is 0 Å². The summed E-state index contributed by atoms with van der Waals surface area (Å²) in [5.41, 5.74) is 0.470. The van der Waals surface area contributed by atoms with E-state index >= 15 is 0 Å². The second kappa shape index (κ2) is 5.06. The van der Waals surface area contributed by atoms with Gasteiger partial charge in [0, 0.05) is 5.33 Å². The maximum Gasteiger partial charge on any atom is 0.390 e. The van der Waals surface area contributed by atoms with Gasteiger partial charge in [0.15, 0.2) is 0 Å². The van der Waals surface area contributed by atoms with E-state index in [-0.39, 0.29) is 12.4 Å². The molecule has 78 valence electrons. The minimum Gasteiger partial charge on any atom is -0.390 e. The van der Waals surface area contributed by atoms with Crippen molar-refractivity contribution in [2.45, 2.75) is 19.6 Å². The Morgan fingerprint density at radius 2 is 2.43 bits per heavy atom. The number of hydrogen-bond donors (Lipinski definition) is 1. The summed E-state index contributed by atoms with van der Waals surface area (Å²) in [6.07, 6.45) is 0.811. The zero-order chi connectivity index (χ0) is 10.6. The molecule has 0 fully saturated rings. The summed E-state index contributed by atoms with van der Waals surface area (Å²) < 4.78 is 1.46. The number of hydrogen-bond acceptors (Lipinski definition) is 4. The number of alkyl halides is 1. The van der Waals surface area contributed by atoms with Crippen LogP contribution in [-0.4, -0.2) is 25.1 Å². The van der Waals surface area contributed by atoms with Gasteiger partial charge in [0.2, 0.25) is 0 Å². The molecule has 0 saturated carbocycles. The molecule has 1 aromatic rings. The van der Waals surface area contributed by atoms with Crippen LogP contribution >= 0.6 is 15.9 Å². The number of aryl methyl sites for hydroxylation is 1. The zero-order valence-corrected chi connectivity index (χ0v) is 8.98. The van der Waals surface area contributed by atoms with E-state index in [1.807, 2.05) is 0 Å². The number of aliphatic hydroxyl groups excluding tert-OH is 1. The maximum absolute atomic E-state index is 10.4. The lowest BCUT2D eigenvalue weighted by atomic mass is 10.4. The van der Waals surface area contributed by atoms with Gasteiger partial charge in [-0.1, -0.05) is 15.9 Å². The first kappa shape index (κ1) is 11.1. The van der Waals surface area contributed by atoms with E-state index in [1.165, 1.54) is 10.7 Å². The molecule has 6 nitrogen and oxygen atoms in total. The molecule has 0 saturated heterocycles. The van der Waals surface area contributed by atoms with Crippen molar-refractivity contribution in [2.24, 2.45) is 0 Å². The fraction of sp³-hybridized carbons (Fsp3) is 0.571. The molecule has 0 aliphatic rings. The highest BCUT2D eigenvalue weighted by atomic mass is 79.9. The van der Waals surface area contributed by atoms with Gasteiger partial charge in [-0.05, 0) is 11.3 Å². The van der Waals surface area contributed by atoms with Gasteiger partial charge in [-0.25, -0.2) is 0 Å². The van der Waals surface area contributed by atoms with Crippen LogP contribution in [0.3, 0.4) is 0 Å². The first-order valence-electron chi connectivity index (χ1n) is 4.07. The largest absolute Gasteiger partial charge is 0.390 e. The van der Waals surface area contributed by atoms with Crippen molar-refractivity contribution in [2.75, 3.05) is 5.33 Å². The minimum absolute atomic E-state index is 0.219. The van der Waals surface area contributed by atoms with Gasteiger partial charge in [0.1, 0.15) is 0 Å². The van der Waals surface area contributed by atoms with Gasteiger partial charge in [0.25, 0.3) is 0 Å². The van der Waals surface area contributed by atoms with Crippen LogP contribution in [0.5, 0.6) is 0 Å². The van der Waals surface area contributed by atoms with Crippen molar-refractivity contribution in [3.05, 3.63) is 21.9 Å². The standard InChI is InChI=1S/C7H10BrN3O3/c8-2-1-3-10-6(5-12)4-7(9-10)11(13)14/h4,12H,1-3,5H2. The molecule has 0 unspecified atom stereocenters. The number of aromatic nitrogens is 2. The van der Waals surface area contributed by atoms with Gasteiger partial charge in [-0.2, -0.15) is 4.68 Å². The lowest BCUT2D eigenvalue weighted by Crippen LogP contribution is -2.05. The second-order valence-electron chi connectivity index (χ2n) is 2.67. The van der Waals surface area contributed by atoms with E-state index in [0.29, 0.717) is 12.2 Å². The maximum atomic E-state index is 10.4. The average Bonchev–Trinajstić information content (AvgIpc) is 2.57. The molecule has 7 heteroatoms. The van der Waals surface area contributed by atoms with Crippen LogP contribution in [0.15, 0.2) is 6.07 Å². The molecule has 1 heterocycles. The van der Waals surface area contributed by atoms with Crippen LogP contribution in [0, 0.1) is 10.1 Å². The lowest BCUT2D eigenvalue weighted by Gasteiger charge is -1.97. The highest BCUT2D eigenvalue weighted by Gasteiger charge is 2.16. The Balaban J connectivity index is 2.85. The van der Waals surface area contributed by atoms with Gasteiger partial charge in [0.05, 0.1) is 30.0 Å². The van der Waals surface area contributed by atoms with Crippen molar-refractivity contribution >= 4 is 21.7 Å². The third kappa shape index (κ3) is 2.52. The van der Waals surface area contributed by atoms with Crippen molar-refractivity contribution in [1.82, 2.24) is 9.78 Å². The van der Waals surface area contributed by atoms with Crippen molar-refractivity contribution in [3.63, 3.8) is 0 Å². The van der Waals surface area contributed by atoms with Crippen LogP contribution in [-0.2, 0) is 13.2 Å². The van der Waals surface area contributed by atoms with E-state index in [2.05, 4.69) is 21.0 Å². The SMILES string of the molecule is O=[N+]([O-])c1cc(CO)n(CCCBr)n1. The third-order valence-corrected chi connectivity index (χ3v) is 2.26. The Labute approximate surface area is 88.8 Å². The predicted octanol–water partition coefficient (Wildman–Crippen LogP) is 1.07. The number of aliphatic hydroxyl groups is 1. The summed E-state index contributed by atoms with van der Waals surface area (Å²) in [5.74, 6) is -0.219. The van der Waals surface area contributed by atoms with Gasteiger partial charge < -0.3 is 15.2 Å². The highest BCUT2D eigenvalue weighted by Crippen LogP contribution is 2.12. The molecule has 0 amide bonds. The summed E-state index contributed by atoms with van der Waals surface area (Å²) in [6, 6.07) is 1.29. The summed E-state index contributed by atoms with van der Waals surface area (Å²) in [6.45, 7) is 0.331. The Morgan fingerprint density at radius 3 is 2.93 bits per heavy atom. The van der Waals surface area contributed by atoms with Crippen molar-refractivity contribution in [1.29, 1.82) is 0 Å². The normalized spacial score (nSPS) is 10.4. The van der Waals surface area contributed by atoms with Crippen LogP contribution in [0.1, 0.15) is 12.1 Å². The first-order valence-corrected chi connectivity index (χ1v) is 5.19. The third-order valence-electron chi connectivity index (χ3n) is 1.70. The molecular formula is C7H10BrN3O3. The molecule has 1 N–H and O–H groups in total. The number of nitro groups is 1. The molecule has 1 aromatic heterocycles. The summed E-state index contributed by atoms with van der Waals surface area (Å²) in [4.78, 5) is 9.83. The molecule has 0 radical (unpaired) electrons. The molecule has 1 rings (SSSR count). The van der Waals surface area contributed by atoms with Gasteiger partial charge in [-0.3, -0.25) is 0 Å². The summed E-state index contributed by atoms with van der Waals surface area (Å²) in [5, 5.41) is 23.9. The molecule has 0 bridgehead atoms. The molecule has 0 aliphatic heterocycles. The average molecular weight is 264 g/mol. The van der Waals surface area contributed by atoms with Gasteiger partial charge in [-0.15, -0.1) is 0 Å². The van der Waals surface area contributed by atoms with E-state index in [4.69, 9.17) is 5.11 Å². The number of halogens is 1. The topological polar surface area (TPSA) is 81.2 Å². The zero-order valence-electron chi connectivity index (χ0n) is 7.39. The predicted molar refractivity (Wildman–Crippen MR) is 53.2 cm³/mol. The van der Waals surface area contributed by atoms with Crippen LogP contribution in [0.4, 0.5) is 5.82 Å². The summed E-state index contributed by atoms with van der Waals surface area (Å²) in [7, 11) is 0. The lowest BCUT2D eigenvalue weighted by molar-refractivity contribution is -0.389. The Bertz CT molecular complexity index is 326. The van der Waals surface area contributed by atoms with E-state index < -0.39 is 4.92 Å². The highest BCUT2D eigenvalue weighted by molar-refractivity contribution is 9.09. The second-order valence-corrected chi connectivity index (χ2v) is 3.47. The smallest absolute Gasteiger partial charge is 0.390 e. The summed E-state index contributed by atoms with van der Waals surface area (Å²) >= 11 is 3.25. The molecule has 0 atom stereocenters. The first-order chi connectivity index (χ1) is 6.69. The molecule has 0 spiro atoms. The van der Waals surface area contributed by atoms with Crippen LogP contribution in [0.2, 0.25) is 0 Å². The monoisotopic (exact) mass is 263 g/mol. The Morgan fingerprint density at radius 1 is 1.71 bits per heavy atom. The van der Waals surface area contributed by atoms with Crippen LogP contribution in [0.25, 0.3) is 0 Å². The Hall–Kier alpha value is -0.950.